The number of carboxylic acids is 1. The van der Waals surface area contributed by atoms with Crippen molar-refractivity contribution in [2.75, 3.05) is 0 Å². The number of rotatable bonds is 5. The van der Waals surface area contributed by atoms with Gasteiger partial charge in [-0.05, 0) is 25.2 Å². The fourth-order valence-electron chi connectivity index (χ4n) is 1.33. The van der Waals surface area contributed by atoms with Gasteiger partial charge in [0.2, 0.25) is 0 Å². The Labute approximate surface area is 74.3 Å². The van der Waals surface area contributed by atoms with E-state index in [9.17, 15) is 4.79 Å². The summed E-state index contributed by atoms with van der Waals surface area (Å²) < 4.78 is 0. The molecule has 0 aliphatic carbocycles. The zero-order chi connectivity index (χ0) is 9.56. The van der Waals surface area contributed by atoms with Gasteiger partial charge in [0, 0.05) is 0 Å². The fourth-order valence-corrected chi connectivity index (χ4v) is 1.33. The van der Waals surface area contributed by atoms with E-state index >= 15 is 0 Å². The van der Waals surface area contributed by atoms with Crippen LogP contribution in [0.15, 0.2) is 12.2 Å². The quantitative estimate of drug-likeness (QED) is 0.644. The molecule has 0 fully saturated rings. The highest BCUT2D eigenvalue weighted by molar-refractivity contribution is 5.67. The molecule has 0 aromatic rings. The van der Waals surface area contributed by atoms with Crippen LogP contribution in [0.1, 0.15) is 33.6 Å². The van der Waals surface area contributed by atoms with Gasteiger partial charge in [0.1, 0.15) is 0 Å². The predicted molar refractivity (Wildman–Crippen MR) is 50.0 cm³/mol. The van der Waals surface area contributed by atoms with Crippen molar-refractivity contribution in [3.63, 3.8) is 0 Å². The summed E-state index contributed by atoms with van der Waals surface area (Å²) in [6.45, 7) is 6.14. The lowest BCUT2D eigenvalue weighted by Crippen LogP contribution is -2.08. The van der Waals surface area contributed by atoms with Gasteiger partial charge in [-0.15, -0.1) is 0 Å². The molecule has 0 spiro atoms. The number of allylic oxidation sites excluding steroid dienone is 2. The molecule has 0 aliphatic rings. The monoisotopic (exact) mass is 170 g/mol. The van der Waals surface area contributed by atoms with E-state index < -0.39 is 5.97 Å². The fraction of sp³-hybridized carbons (Fsp3) is 0.700. The van der Waals surface area contributed by atoms with Gasteiger partial charge < -0.3 is 5.11 Å². The zero-order valence-electron chi connectivity index (χ0n) is 8.08. The van der Waals surface area contributed by atoms with Crippen LogP contribution >= 0.6 is 0 Å². The number of aliphatic carboxylic acids is 1. The molecule has 2 nitrogen and oxygen atoms in total. The van der Waals surface area contributed by atoms with E-state index in [2.05, 4.69) is 13.8 Å². The summed E-state index contributed by atoms with van der Waals surface area (Å²) in [5.41, 5.74) is 0. The van der Waals surface area contributed by atoms with Gasteiger partial charge in [-0.2, -0.15) is 0 Å². The molecule has 1 atom stereocenters. The average Bonchev–Trinajstić information content (AvgIpc) is 1.84. The third-order valence-electron chi connectivity index (χ3n) is 1.68. The van der Waals surface area contributed by atoms with Crippen LogP contribution in [0.2, 0.25) is 0 Å². The Morgan fingerprint density at radius 3 is 2.42 bits per heavy atom. The van der Waals surface area contributed by atoms with Crippen LogP contribution in [-0.4, -0.2) is 11.1 Å². The van der Waals surface area contributed by atoms with E-state index in [4.69, 9.17) is 5.11 Å². The molecule has 1 N–H and O–H groups in total. The maximum atomic E-state index is 10.4. The summed E-state index contributed by atoms with van der Waals surface area (Å²) in [6, 6.07) is 0. The van der Waals surface area contributed by atoms with Crippen LogP contribution in [0.5, 0.6) is 0 Å². The SMILES string of the molecule is C/C=C/[C@H](CC(=O)O)CC(C)C. The normalized spacial score (nSPS) is 14.0. The maximum absolute atomic E-state index is 10.4. The number of carbonyl (C=O) groups is 1. The molecule has 0 rings (SSSR count). The summed E-state index contributed by atoms with van der Waals surface area (Å²) in [6.07, 6.45) is 5.11. The van der Waals surface area contributed by atoms with Crippen molar-refractivity contribution in [1.29, 1.82) is 0 Å². The van der Waals surface area contributed by atoms with Crippen LogP contribution in [-0.2, 0) is 4.79 Å². The van der Waals surface area contributed by atoms with Crippen LogP contribution in [0.25, 0.3) is 0 Å². The maximum Gasteiger partial charge on any atom is 0.303 e. The third-order valence-corrected chi connectivity index (χ3v) is 1.68. The van der Waals surface area contributed by atoms with E-state index in [-0.39, 0.29) is 12.3 Å². The van der Waals surface area contributed by atoms with Gasteiger partial charge in [0.25, 0.3) is 0 Å². The molecule has 0 unspecified atom stereocenters. The molecule has 0 aliphatic heterocycles. The molecule has 2 heteroatoms. The van der Waals surface area contributed by atoms with Crippen LogP contribution < -0.4 is 0 Å². The van der Waals surface area contributed by atoms with Crippen LogP contribution in [0.3, 0.4) is 0 Å². The smallest absolute Gasteiger partial charge is 0.303 e. The van der Waals surface area contributed by atoms with Crippen molar-refractivity contribution in [3.05, 3.63) is 12.2 Å². The molecular formula is C10H18O2. The van der Waals surface area contributed by atoms with Gasteiger partial charge in [-0.3, -0.25) is 4.79 Å². The minimum Gasteiger partial charge on any atom is -0.481 e. The molecule has 70 valence electrons. The molecule has 0 radical (unpaired) electrons. The Hall–Kier alpha value is -0.790. The Bertz CT molecular complexity index is 159. The van der Waals surface area contributed by atoms with E-state index in [0.717, 1.165) is 6.42 Å². The van der Waals surface area contributed by atoms with Crippen molar-refractivity contribution >= 4 is 5.97 Å². The van der Waals surface area contributed by atoms with Crippen molar-refractivity contribution in [3.8, 4) is 0 Å². The van der Waals surface area contributed by atoms with Gasteiger partial charge in [-0.25, -0.2) is 0 Å². The molecule has 0 bridgehead atoms. The zero-order valence-corrected chi connectivity index (χ0v) is 8.08. The molecule has 0 amide bonds. The largest absolute Gasteiger partial charge is 0.481 e. The highest BCUT2D eigenvalue weighted by Gasteiger charge is 2.10. The Morgan fingerprint density at radius 2 is 2.08 bits per heavy atom. The Balaban J connectivity index is 3.95. The van der Waals surface area contributed by atoms with Crippen LogP contribution in [0.4, 0.5) is 0 Å². The van der Waals surface area contributed by atoms with E-state index in [0.29, 0.717) is 5.92 Å². The lowest BCUT2D eigenvalue weighted by molar-refractivity contribution is -0.137. The first-order chi connectivity index (χ1) is 5.56. The van der Waals surface area contributed by atoms with Gasteiger partial charge in [0.15, 0.2) is 0 Å². The second kappa shape index (κ2) is 5.81. The van der Waals surface area contributed by atoms with E-state index in [1.54, 1.807) is 0 Å². The lowest BCUT2D eigenvalue weighted by atomic mass is 9.94. The van der Waals surface area contributed by atoms with E-state index in [1.165, 1.54) is 0 Å². The van der Waals surface area contributed by atoms with E-state index in [1.807, 2.05) is 19.1 Å². The van der Waals surface area contributed by atoms with Gasteiger partial charge in [0.05, 0.1) is 6.42 Å². The molecule has 0 heterocycles. The highest BCUT2D eigenvalue weighted by Crippen LogP contribution is 2.16. The molecular weight excluding hydrogens is 152 g/mol. The van der Waals surface area contributed by atoms with Crippen LogP contribution in [0, 0.1) is 11.8 Å². The first-order valence-electron chi connectivity index (χ1n) is 4.40. The van der Waals surface area contributed by atoms with Crippen molar-refractivity contribution in [2.24, 2.45) is 11.8 Å². The minimum absolute atomic E-state index is 0.201. The first kappa shape index (κ1) is 11.2. The van der Waals surface area contributed by atoms with Crippen molar-refractivity contribution < 1.29 is 9.90 Å². The van der Waals surface area contributed by atoms with Crippen molar-refractivity contribution in [1.82, 2.24) is 0 Å². The Morgan fingerprint density at radius 1 is 1.50 bits per heavy atom. The average molecular weight is 170 g/mol. The third kappa shape index (κ3) is 5.96. The minimum atomic E-state index is -0.709. The van der Waals surface area contributed by atoms with Gasteiger partial charge >= 0.3 is 5.97 Å². The molecule has 12 heavy (non-hydrogen) atoms. The molecule has 0 saturated carbocycles. The standard InChI is InChI=1S/C10H18O2/c1-4-5-9(6-8(2)3)7-10(11)12/h4-5,8-9H,6-7H2,1-3H3,(H,11,12)/b5-4+/t9-/m0/s1. The van der Waals surface area contributed by atoms with Gasteiger partial charge in [-0.1, -0.05) is 26.0 Å². The molecule has 0 saturated heterocycles. The Kier molecular flexibility index (Phi) is 5.43. The second-order valence-electron chi connectivity index (χ2n) is 3.51. The summed E-state index contributed by atoms with van der Waals surface area (Å²) in [5, 5.41) is 8.59. The number of hydrogen-bond donors (Lipinski definition) is 1. The highest BCUT2D eigenvalue weighted by atomic mass is 16.4. The molecule has 0 aromatic heterocycles. The molecule has 0 aromatic carbocycles. The number of hydrogen-bond acceptors (Lipinski definition) is 1. The van der Waals surface area contributed by atoms with Crippen molar-refractivity contribution in [2.45, 2.75) is 33.6 Å². The summed E-state index contributed by atoms with van der Waals surface area (Å²) in [7, 11) is 0. The summed E-state index contributed by atoms with van der Waals surface area (Å²) >= 11 is 0. The first-order valence-corrected chi connectivity index (χ1v) is 4.40. The summed E-state index contributed by atoms with van der Waals surface area (Å²) in [4.78, 5) is 10.4. The summed E-state index contributed by atoms with van der Waals surface area (Å²) in [5.74, 6) is 0.0526. The lowest BCUT2D eigenvalue weighted by Gasteiger charge is -2.12. The number of carboxylic acid groups (broad SMARTS) is 1. The predicted octanol–water partition coefficient (Wildman–Crippen LogP) is 2.70. The topological polar surface area (TPSA) is 37.3 Å². The second-order valence-corrected chi connectivity index (χ2v) is 3.51.